The van der Waals surface area contributed by atoms with Crippen LogP contribution in [-0.2, 0) is 0 Å². The fourth-order valence-corrected chi connectivity index (χ4v) is 3.61. The standard InChI is InChI=1S/C17H24N2/c1-3-13(2)14-8-10-15(11-9-14)19-12-18-16-6-4-5-7-17(16)19/h4-7,12-15H,3,8-11H2,1-2H3/p+1. The van der Waals surface area contributed by atoms with Gasteiger partial charge in [-0.2, -0.15) is 0 Å². The summed E-state index contributed by atoms with van der Waals surface area (Å²) in [6.07, 6.45) is 8.95. The number of H-pyrrole nitrogens is 1. The molecule has 0 radical (unpaired) electrons. The van der Waals surface area contributed by atoms with Crippen LogP contribution in [0.15, 0.2) is 30.6 Å². The third-order valence-electron chi connectivity index (χ3n) is 5.12. The molecule has 0 amide bonds. The summed E-state index contributed by atoms with van der Waals surface area (Å²) in [5, 5.41) is 0. The Balaban J connectivity index is 1.75. The molecule has 1 aliphatic rings. The molecule has 1 fully saturated rings. The number of imidazole rings is 1. The van der Waals surface area contributed by atoms with Gasteiger partial charge in [0.2, 0.25) is 6.33 Å². The van der Waals surface area contributed by atoms with Crippen LogP contribution >= 0.6 is 0 Å². The fourth-order valence-electron chi connectivity index (χ4n) is 3.61. The molecule has 1 unspecified atom stereocenters. The molecule has 2 heteroatoms. The number of benzene rings is 1. The van der Waals surface area contributed by atoms with Crippen LogP contribution < -0.4 is 4.57 Å². The summed E-state index contributed by atoms with van der Waals surface area (Å²) in [5.41, 5.74) is 2.61. The highest BCUT2D eigenvalue weighted by Gasteiger charge is 2.28. The zero-order chi connectivity index (χ0) is 13.2. The molecule has 2 nitrogen and oxygen atoms in total. The van der Waals surface area contributed by atoms with E-state index >= 15 is 0 Å². The zero-order valence-electron chi connectivity index (χ0n) is 12.1. The predicted octanol–water partition coefficient (Wildman–Crippen LogP) is 4.23. The van der Waals surface area contributed by atoms with Crippen molar-refractivity contribution in [1.29, 1.82) is 0 Å². The topological polar surface area (TPSA) is 19.7 Å². The molecule has 0 aliphatic heterocycles. The van der Waals surface area contributed by atoms with Crippen LogP contribution in [0.2, 0.25) is 0 Å². The van der Waals surface area contributed by atoms with E-state index in [0.717, 1.165) is 11.8 Å². The molecule has 1 N–H and O–H groups in total. The Morgan fingerprint density at radius 3 is 2.68 bits per heavy atom. The van der Waals surface area contributed by atoms with Gasteiger partial charge in [-0.25, -0.2) is 9.55 Å². The summed E-state index contributed by atoms with van der Waals surface area (Å²) in [7, 11) is 0. The normalized spacial score (nSPS) is 25.6. The molecule has 0 bridgehead atoms. The van der Waals surface area contributed by atoms with E-state index in [9.17, 15) is 0 Å². The number of fused-ring (bicyclic) bond motifs is 1. The van der Waals surface area contributed by atoms with Crippen molar-refractivity contribution < 1.29 is 4.57 Å². The van der Waals surface area contributed by atoms with Crippen molar-refractivity contribution in [2.75, 3.05) is 0 Å². The molecule has 3 rings (SSSR count). The highest BCUT2D eigenvalue weighted by Crippen LogP contribution is 2.35. The van der Waals surface area contributed by atoms with Crippen LogP contribution in [-0.4, -0.2) is 4.98 Å². The quantitative estimate of drug-likeness (QED) is 0.794. The maximum absolute atomic E-state index is 3.39. The van der Waals surface area contributed by atoms with Crippen molar-refractivity contribution in [2.24, 2.45) is 11.8 Å². The second-order valence-corrected chi connectivity index (χ2v) is 6.15. The van der Waals surface area contributed by atoms with E-state index in [1.807, 2.05) is 0 Å². The van der Waals surface area contributed by atoms with Crippen molar-refractivity contribution in [3.05, 3.63) is 30.6 Å². The summed E-state index contributed by atoms with van der Waals surface area (Å²) in [4.78, 5) is 3.39. The minimum absolute atomic E-state index is 0.691. The van der Waals surface area contributed by atoms with Gasteiger partial charge in [0.15, 0.2) is 11.0 Å². The van der Waals surface area contributed by atoms with Gasteiger partial charge >= 0.3 is 0 Å². The van der Waals surface area contributed by atoms with Gasteiger partial charge in [-0.05, 0) is 49.7 Å². The monoisotopic (exact) mass is 257 g/mol. The first kappa shape index (κ1) is 12.7. The Morgan fingerprint density at radius 1 is 1.21 bits per heavy atom. The van der Waals surface area contributed by atoms with E-state index in [4.69, 9.17) is 0 Å². The zero-order valence-corrected chi connectivity index (χ0v) is 12.1. The maximum Gasteiger partial charge on any atom is 0.242 e. The van der Waals surface area contributed by atoms with E-state index < -0.39 is 0 Å². The molecular weight excluding hydrogens is 232 g/mol. The second kappa shape index (κ2) is 5.36. The molecule has 2 aromatic rings. The number of aromatic nitrogens is 2. The fraction of sp³-hybridized carbons (Fsp3) is 0.588. The number of aromatic amines is 1. The highest BCUT2D eigenvalue weighted by atomic mass is 15.1. The Bertz CT molecular complexity index is 535. The van der Waals surface area contributed by atoms with Gasteiger partial charge in [0, 0.05) is 0 Å². The van der Waals surface area contributed by atoms with E-state index in [1.54, 1.807) is 0 Å². The Morgan fingerprint density at radius 2 is 1.95 bits per heavy atom. The smallest absolute Gasteiger partial charge is 0.242 e. The lowest BCUT2D eigenvalue weighted by Gasteiger charge is -2.30. The van der Waals surface area contributed by atoms with Crippen LogP contribution in [0.4, 0.5) is 0 Å². The van der Waals surface area contributed by atoms with Crippen molar-refractivity contribution in [3.8, 4) is 0 Å². The minimum atomic E-state index is 0.691. The van der Waals surface area contributed by atoms with Crippen LogP contribution in [0.25, 0.3) is 11.0 Å². The average Bonchev–Trinajstić information content (AvgIpc) is 2.90. The molecule has 1 saturated carbocycles. The number of para-hydroxylation sites is 2. The van der Waals surface area contributed by atoms with Gasteiger partial charge in [-0.3, -0.25) is 0 Å². The Hall–Kier alpha value is -1.31. The van der Waals surface area contributed by atoms with Crippen molar-refractivity contribution >= 4 is 11.0 Å². The molecule has 102 valence electrons. The Labute approximate surface area is 115 Å². The van der Waals surface area contributed by atoms with Crippen molar-refractivity contribution in [3.63, 3.8) is 0 Å². The van der Waals surface area contributed by atoms with Crippen molar-refractivity contribution in [1.82, 2.24) is 4.98 Å². The number of hydrogen-bond acceptors (Lipinski definition) is 0. The lowest BCUT2D eigenvalue weighted by Crippen LogP contribution is -2.40. The molecule has 1 aromatic carbocycles. The van der Waals surface area contributed by atoms with E-state index in [-0.39, 0.29) is 0 Å². The third kappa shape index (κ3) is 2.41. The minimum Gasteiger partial charge on any atom is -0.243 e. The highest BCUT2D eigenvalue weighted by molar-refractivity contribution is 5.70. The molecule has 19 heavy (non-hydrogen) atoms. The summed E-state index contributed by atoms with van der Waals surface area (Å²) >= 11 is 0. The number of hydrogen-bond donors (Lipinski definition) is 1. The van der Waals surface area contributed by atoms with Gasteiger partial charge in [-0.1, -0.05) is 32.4 Å². The first-order chi connectivity index (χ1) is 9.29. The molecule has 1 aromatic heterocycles. The summed E-state index contributed by atoms with van der Waals surface area (Å²) < 4.78 is 2.46. The van der Waals surface area contributed by atoms with Gasteiger partial charge in [-0.15, -0.1) is 0 Å². The summed E-state index contributed by atoms with van der Waals surface area (Å²) in [6.45, 7) is 4.75. The molecule has 1 atom stereocenters. The van der Waals surface area contributed by atoms with Gasteiger partial charge < -0.3 is 0 Å². The van der Waals surface area contributed by atoms with Crippen molar-refractivity contribution in [2.45, 2.75) is 52.0 Å². The molecule has 0 spiro atoms. The average molecular weight is 257 g/mol. The van der Waals surface area contributed by atoms with E-state index in [2.05, 4.69) is 54.0 Å². The van der Waals surface area contributed by atoms with Crippen LogP contribution in [0.3, 0.4) is 0 Å². The summed E-state index contributed by atoms with van der Waals surface area (Å²) in [5.74, 6) is 1.85. The Kier molecular flexibility index (Phi) is 3.58. The lowest BCUT2D eigenvalue weighted by molar-refractivity contribution is -0.701. The van der Waals surface area contributed by atoms with E-state index in [1.165, 1.54) is 43.1 Å². The first-order valence-corrected chi connectivity index (χ1v) is 7.77. The van der Waals surface area contributed by atoms with Gasteiger partial charge in [0.25, 0.3) is 0 Å². The number of nitrogens with zero attached hydrogens (tertiary/aromatic N) is 1. The number of rotatable bonds is 3. The molecule has 1 aliphatic carbocycles. The van der Waals surface area contributed by atoms with E-state index in [0.29, 0.717) is 6.04 Å². The van der Waals surface area contributed by atoms with Crippen LogP contribution in [0.5, 0.6) is 0 Å². The van der Waals surface area contributed by atoms with Gasteiger partial charge in [0.05, 0.1) is 0 Å². The molecular formula is C17H25N2+. The summed E-state index contributed by atoms with van der Waals surface area (Å²) in [6, 6.07) is 9.32. The van der Waals surface area contributed by atoms with Gasteiger partial charge in [0.1, 0.15) is 6.04 Å². The largest absolute Gasteiger partial charge is 0.243 e. The lowest BCUT2D eigenvalue weighted by atomic mass is 9.78. The SMILES string of the molecule is CCC(C)C1CCC([n+]2c[nH]c3ccccc32)CC1. The molecule has 0 saturated heterocycles. The third-order valence-corrected chi connectivity index (χ3v) is 5.12. The number of nitrogens with one attached hydrogen (secondary N) is 1. The molecule has 1 heterocycles. The second-order valence-electron chi connectivity index (χ2n) is 6.15. The first-order valence-electron chi connectivity index (χ1n) is 7.77. The maximum atomic E-state index is 3.39. The van der Waals surface area contributed by atoms with Crippen LogP contribution in [0, 0.1) is 11.8 Å². The predicted molar refractivity (Wildman–Crippen MR) is 78.9 cm³/mol. The van der Waals surface area contributed by atoms with Crippen LogP contribution in [0.1, 0.15) is 52.0 Å².